The fourth-order valence-electron chi connectivity index (χ4n) is 3.89. The molecule has 1 saturated heterocycles. The number of nitrogens with one attached hydrogen (secondary N) is 2. The first kappa shape index (κ1) is 21.8. The molecule has 3 aromatic rings. The molecule has 0 saturated carbocycles. The third kappa shape index (κ3) is 4.31. The van der Waals surface area contributed by atoms with Crippen LogP contribution in [0.3, 0.4) is 0 Å². The van der Waals surface area contributed by atoms with E-state index in [2.05, 4.69) is 24.1 Å². The van der Waals surface area contributed by atoms with Crippen LogP contribution >= 0.6 is 11.6 Å². The van der Waals surface area contributed by atoms with Gasteiger partial charge in [-0.15, -0.1) is 0 Å². The van der Waals surface area contributed by atoms with Crippen LogP contribution < -0.4 is 16.3 Å². The summed E-state index contributed by atoms with van der Waals surface area (Å²) in [4.78, 5) is 55.7. The first-order valence-corrected chi connectivity index (χ1v) is 10.6. The maximum Gasteiger partial charge on any atom is 0.265 e. The maximum absolute atomic E-state index is 13.2. The zero-order valence-electron chi connectivity index (χ0n) is 17.8. The molecule has 32 heavy (non-hydrogen) atoms. The number of aromatic nitrogens is 2. The molecule has 2 aromatic heterocycles. The van der Waals surface area contributed by atoms with Crippen LogP contribution in [0.1, 0.15) is 29.8 Å². The number of rotatable bonds is 5. The van der Waals surface area contributed by atoms with Gasteiger partial charge in [-0.3, -0.25) is 23.7 Å². The van der Waals surface area contributed by atoms with E-state index in [9.17, 15) is 19.2 Å². The van der Waals surface area contributed by atoms with Crippen molar-refractivity contribution >= 4 is 34.4 Å². The number of pyridine rings is 2. The summed E-state index contributed by atoms with van der Waals surface area (Å²) in [5.74, 6) is -0.863. The number of nitrogens with zero attached hydrogens (tertiary/aromatic N) is 2. The molecule has 0 radical (unpaired) electrons. The Kier molecular flexibility index (Phi) is 5.64. The van der Waals surface area contributed by atoms with Crippen LogP contribution in [0.25, 0.3) is 11.0 Å². The molecule has 1 aliphatic rings. The van der Waals surface area contributed by atoms with Gasteiger partial charge in [0.2, 0.25) is 5.91 Å². The van der Waals surface area contributed by atoms with Crippen LogP contribution in [0.4, 0.5) is 0 Å². The third-order valence-electron chi connectivity index (χ3n) is 5.50. The van der Waals surface area contributed by atoms with Gasteiger partial charge in [0, 0.05) is 36.9 Å². The largest absolute Gasteiger partial charge is 0.348 e. The molecule has 8 nitrogen and oxygen atoms in total. The lowest BCUT2D eigenvalue weighted by Gasteiger charge is -2.45. The molecule has 1 aromatic carbocycles. The van der Waals surface area contributed by atoms with Crippen molar-refractivity contribution < 1.29 is 9.59 Å². The molecule has 1 aliphatic heterocycles. The lowest BCUT2D eigenvalue weighted by atomic mass is 9.84. The number of likely N-dealkylation sites (tertiary alicyclic amines) is 1. The predicted octanol–water partition coefficient (Wildman–Crippen LogP) is 2.14. The fraction of sp³-hybridized carbons (Fsp3) is 0.304. The molecule has 166 valence electrons. The first-order chi connectivity index (χ1) is 15.1. The van der Waals surface area contributed by atoms with Gasteiger partial charge in [0.1, 0.15) is 17.8 Å². The monoisotopic (exact) mass is 454 g/mol. The van der Waals surface area contributed by atoms with Crippen molar-refractivity contribution in [2.45, 2.75) is 26.9 Å². The highest BCUT2D eigenvalue weighted by molar-refractivity contribution is 6.30. The van der Waals surface area contributed by atoms with Gasteiger partial charge in [-0.25, -0.2) is 0 Å². The summed E-state index contributed by atoms with van der Waals surface area (Å²) in [7, 11) is 0. The highest BCUT2D eigenvalue weighted by Gasteiger charge is 2.37. The van der Waals surface area contributed by atoms with E-state index in [0.717, 1.165) is 5.56 Å². The SMILES string of the molecule is CC1(C)CN(C(=O)Cn2c(=O)c(C(=O)NCc3ccc(Cl)cc3)cc3c(=O)cc[nH]c32)C1. The molecule has 9 heteroatoms. The Balaban J connectivity index is 1.66. The van der Waals surface area contributed by atoms with Crippen molar-refractivity contribution in [1.29, 1.82) is 0 Å². The number of carbonyl (C=O) groups excluding carboxylic acids is 2. The van der Waals surface area contributed by atoms with Gasteiger partial charge >= 0.3 is 0 Å². The Hall–Kier alpha value is -3.39. The summed E-state index contributed by atoms with van der Waals surface area (Å²) >= 11 is 5.88. The minimum Gasteiger partial charge on any atom is -0.348 e. The standard InChI is InChI=1S/C23H23ClN4O4/c1-23(2)12-27(13-23)19(30)11-28-20-16(18(29)7-8-25-20)9-17(22(28)32)21(31)26-10-14-3-5-15(24)6-4-14/h3-9H,10-13H2,1-2H3,(H,25,29)(H,26,31). The summed E-state index contributed by atoms with van der Waals surface area (Å²) in [6.45, 7) is 5.22. The summed E-state index contributed by atoms with van der Waals surface area (Å²) in [6.07, 6.45) is 1.41. The number of carbonyl (C=O) groups is 2. The van der Waals surface area contributed by atoms with E-state index in [0.29, 0.717) is 18.1 Å². The van der Waals surface area contributed by atoms with Crippen molar-refractivity contribution in [3.63, 3.8) is 0 Å². The first-order valence-electron chi connectivity index (χ1n) is 10.2. The highest BCUT2D eigenvalue weighted by Crippen LogP contribution is 2.28. The molecule has 0 aliphatic carbocycles. The highest BCUT2D eigenvalue weighted by atomic mass is 35.5. The zero-order valence-corrected chi connectivity index (χ0v) is 18.5. The Bertz CT molecular complexity index is 1320. The minimum atomic E-state index is -0.638. The molecule has 4 rings (SSSR count). The van der Waals surface area contributed by atoms with Gasteiger partial charge in [-0.1, -0.05) is 37.6 Å². The number of amides is 2. The van der Waals surface area contributed by atoms with Crippen molar-refractivity contribution in [2.24, 2.45) is 5.41 Å². The van der Waals surface area contributed by atoms with E-state index in [1.54, 1.807) is 29.2 Å². The Morgan fingerprint density at radius 2 is 1.81 bits per heavy atom. The van der Waals surface area contributed by atoms with Crippen molar-refractivity contribution in [3.05, 3.63) is 79.3 Å². The second kappa shape index (κ2) is 8.27. The van der Waals surface area contributed by atoms with Crippen LogP contribution in [0, 0.1) is 5.41 Å². The van der Waals surface area contributed by atoms with E-state index in [1.807, 2.05) is 0 Å². The predicted molar refractivity (Wildman–Crippen MR) is 122 cm³/mol. The Labute approximate surface area is 188 Å². The van der Waals surface area contributed by atoms with Crippen molar-refractivity contribution in [3.8, 4) is 0 Å². The third-order valence-corrected chi connectivity index (χ3v) is 5.76. The number of hydrogen-bond acceptors (Lipinski definition) is 4. The lowest BCUT2D eigenvalue weighted by Crippen LogP contribution is -2.56. The van der Waals surface area contributed by atoms with Crippen molar-refractivity contribution in [1.82, 2.24) is 19.8 Å². The van der Waals surface area contributed by atoms with Gasteiger partial charge in [0.15, 0.2) is 5.43 Å². The molecule has 2 N–H and O–H groups in total. The van der Waals surface area contributed by atoms with E-state index in [-0.39, 0.29) is 46.4 Å². The van der Waals surface area contributed by atoms with Gasteiger partial charge < -0.3 is 15.2 Å². The minimum absolute atomic E-state index is 0.0421. The molecule has 1 fully saturated rings. The molecule has 2 amide bonds. The smallest absolute Gasteiger partial charge is 0.265 e. The molecular weight excluding hydrogens is 432 g/mol. The number of hydrogen-bond donors (Lipinski definition) is 2. The van der Waals surface area contributed by atoms with Crippen LogP contribution in [0.15, 0.2) is 52.2 Å². The summed E-state index contributed by atoms with van der Waals surface area (Å²) in [5, 5.41) is 3.44. The van der Waals surface area contributed by atoms with E-state index in [4.69, 9.17) is 11.6 Å². The molecule has 3 heterocycles. The maximum atomic E-state index is 13.2. The van der Waals surface area contributed by atoms with Gasteiger partial charge in [-0.05, 0) is 29.2 Å². The lowest BCUT2D eigenvalue weighted by molar-refractivity contribution is -0.142. The Morgan fingerprint density at radius 1 is 1.12 bits per heavy atom. The van der Waals surface area contributed by atoms with E-state index >= 15 is 0 Å². The van der Waals surface area contributed by atoms with E-state index in [1.165, 1.54) is 22.9 Å². The molecule has 0 unspecified atom stereocenters. The van der Waals surface area contributed by atoms with Crippen LogP contribution in [0.5, 0.6) is 0 Å². The quantitative estimate of drug-likeness (QED) is 0.616. The van der Waals surface area contributed by atoms with Crippen LogP contribution in [-0.2, 0) is 17.9 Å². The number of halogens is 1. The molecular formula is C23H23ClN4O4. The summed E-state index contributed by atoms with van der Waals surface area (Å²) < 4.78 is 1.17. The van der Waals surface area contributed by atoms with Crippen LogP contribution in [-0.4, -0.2) is 39.4 Å². The normalized spacial score (nSPS) is 14.8. The van der Waals surface area contributed by atoms with Gasteiger partial charge in [0.05, 0.1) is 5.39 Å². The van der Waals surface area contributed by atoms with E-state index < -0.39 is 11.5 Å². The fourth-order valence-corrected chi connectivity index (χ4v) is 4.01. The number of H-pyrrole nitrogens is 1. The molecule has 0 atom stereocenters. The summed E-state index contributed by atoms with van der Waals surface area (Å²) in [6, 6.07) is 9.52. The Morgan fingerprint density at radius 3 is 2.47 bits per heavy atom. The van der Waals surface area contributed by atoms with Gasteiger partial charge in [-0.2, -0.15) is 0 Å². The van der Waals surface area contributed by atoms with Gasteiger partial charge in [0.25, 0.3) is 11.5 Å². The molecule has 0 spiro atoms. The zero-order chi connectivity index (χ0) is 23.0. The summed E-state index contributed by atoms with van der Waals surface area (Å²) in [5.41, 5.74) is -0.125. The second-order valence-electron chi connectivity index (χ2n) is 8.78. The number of aromatic amines is 1. The second-order valence-corrected chi connectivity index (χ2v) is 9.21. The number of benzene rings is 1. The molecule has 0 bridgehead atoms. The number of fused-ring (bicyclic) bond motifs is 1. The van der Waals surface area contributed by atoms with Crippen molar-refractivity contribution in [2.75, 3.05) is 13.1 Å². The topological polar surface area (TPSA) is 104 Å². The average molecular weight is 455 g/mol. The average Bonchev–Trinajstić information content (AvgIpc) is 2.73. The van der Waals surface area contributed by atoms with Crippen LogP contribution in [0.2, 0.25) is 5.02 Å².